The number of hydrogen-bond acceptors (Lipinski definition) is 3. The first-order valence-corrected chi connectivity index (χ1v) is 8.62. The van der Waals surface area contributed by atoms with Gasteiger partial charge in [0.15, 0.2) is 0 Å². The summed E-state index contributed by atoms with van der Waals surface area (Å²) in [6, 6.07) is 19.5. The monoisotopic (exact) mass is 299 g/mol. The Labute approximate surface area is 130 Å². The normalized spacial score (nSPS) is 14.7. The predicted molar refractivity (Wildman–Crippen MR) is 90.0 cm³/mol. The van der Waals surface area contributed by atoms with Crippen LogP contribution in [0.5, 0.6) is 5.75 Å². The lowest BCUT2D eigenvalue weighted by atomic mass is 10.1. The molecule has 1 saturated heterocycles. The second-order valence-corrected chi connectivity index (χ2v) is 6.43. The molecule has 0 radical (unpaired) electrons. The third-order valence-electron chi connectivity index (χ3n) is 3.66. The van der Waals surface area contributed by atoms with Gasteiger partial charge in [-0.1, -0.05) is 42.5 Å². The molecule has 0 unspecified atom stereocenters. The Balaban J connectivity index is 1.42. The van der Waals surface area contributed by atoms with E-state index in [1.54, 1.807) is 0 Å². The number of rotatable bonds is 7. The van der Waals surface area contributed by atoms with Gasteiger partial charge in [-0.25, -0.2) is 0 Å². The molecule has 0 amide bonds. The van der Waals surface area contributed by atoms with Gasteiger partial charge < -0.3 is 10.1 Å². The highest BCUT2D eigenvalue weighted by molar-refractivity contribution is 8.00. The molecule has 0 aromatic heterocycles. The third kappa shape index (κ3) is 4.51. The maximum absolute atomic E-state index is 5.80. The Kier molecular flexibility index (Phi) is 5.19. The van der Waals surface area contributed by atoms with Crippen molar-refractivity contribution in [3.8, 4) is 5.75 Å². The van der Waals surface area contributed by atoms with E-state index >= 15 is 0 Å². The van der Waals surface area contributed by atoms with Crippen molar-refractivity contribution in [1.82, 2.24) is 5.32 Å². The zero-order valence-corrected chi connectivity index (χ0v) is 12.9. The maximum Gasteiger partial charge on any atom is 0.119 e. The fraction of sp³-hybridized carbons (Fsp3) is 0.333. The molecule has 3 heteroatoms. The van der Waals surface area contributed by atoms with E-state index in [0.29, 0.717) is 6.61 Å². The minimum absolute atomic E-state index is 0.626. The highest BCUT2D eigenvalue weighted by atomic mass is 32.2. The van der Waals surface area contributed by atoms with E-state index in [1.165, 1.54) is 22.6 Å². The summed E-state index contributed by atoms with van der Waals surface area (Å²) in [6.45, 7) is 1.69. The van der Waals surface area contributed by atoms with Crippen molar-refractivity contribution in [1.29, 1.82) is 0 Å². The van der Waals surface area contributed by atoms with Crippen molar-refractivity contribution >= 4 is 11.8 Å². The van der Waals surface area contributed by atoms with E-state index < -0.39 is 0 Å². The molecule has 1 N–H and O–H groups in total. The van der Waals surface area contributed by atoms with Crippen LogP contribution in [-0.4, -0.2) is 24.1 Å². The second-order valence-electron chi connectivity index (χ2n) is 5.36. The van der Waals surface area contributed by atoms with Gasteiger partial charge in [0.25, 0.3) is 0 Å². The Morgan fingerprint density at radius 3 is 2.38 bits per heavy atom. The van der Waals surface area contributed by atoms with Gasteiger partial charge in [0, 0.05) is 17.5 Å². The molecule has 1 heterocycles. The topological polar surface area (TPSA) is 21.3 Å². The molecule has 3 rings (SSSR count). The van der Waals surface area contributed by atoms with E-state index in [4.69, 9.17) is 4.74 Å². The van der Waals surface area contributed by atoms with Gasteiger partial charge in [0.1, 0.15) is 12.4 Å². The van der Waals surface area contributed by atoms with Crippen LogP contribution in [0.1, 0.15) is 11.1 Å². The van der Waals surface area contributed by atoms with Gasteiger partial charge in [-0.05, 0) is 36.2 Å². The number of benzene rings is 2. The largest absolute Gasteiger partial charge is 0.489 e. The Hall–Kier alpha value is -1.45. The van der Waals surface area contributed by atoms with Gasteiger partial charge in [0.05, 0.1) is 0 Å². The Morgan fingerprint density at radius 2 is 1.71 bits per heavy atom. The van der Waals surface area contributed by atoms with Crippen LogP contribution in [-0.2, 0) is 13.0 Å². The molecule has 110 valence electrons. The highest BCUT2D eigenvalue weighted by Crippen LogP contribution is 2.17. The molecule has 0 aliphatic carbocycles. The summed E-state index contributed by atoms with van der Waals surface area (Å²) >= 11 is 2.02. The first-order chi connectivity index (χ1) is 10.4. The van der Waals surface area contributed by atoms with Gasteiger partial charge in [-0.2, -0.15) is 11.8 Å². The fourth-order valence-corrected chi connectivity index (χ4v) is 2.97. The van der Waals surface area contributed by atoms with Crippen LogP contribution in [0.2, 0.25) is 0 Å². The van der Waals surface area contributed by atoms with Gasteiger partial charge in [-0.3, -0.25) is 0 Å². The van der Waals surface area contributed by atoms with Crippen LogP contribution < -0.4 is 10.1 Å². The van der Waals surface area contributed by atoms with Crippen LogP contribution in [0, 0.1) is 0 Å². The lowest BCUT2D eigenvalue weighted by Crippen LogP contribution is -2.41. The summed E-state index contributed by atoms with van der Waals surface area (Å²) in [5, 5.41) is 3.58. The quantitative estimate of drug-likeness (QED) is 0.845. The highest BCUT2D eigenvalue weighted by Gasteiger charge is 2.16. The number of nitrogens with one attached hydrogen (secondary N) is 1. The second kappa shape index (κ2) is 7.53. The van der Waals surface area contributed by atoms with Crippen LogP contribution in [0.25, 0.3) is 0 Å². The van der Waals surface area contributed by atoms with E-state index in [0.717, 1.165) is 24.8 Å². The number of ether oxygens (including phenoxy) is 1. The molecular formula is C18H21NOS. The van der Waals surface area contributed by atoms with E-state index in [1.807, 2.05) is 30.0 Å². The van der Waals surface area contributed by atoms with Crippen LogP contribution >= 0.6 is 11.8 Å². The zero-order valence-electron chi connectivity index (χ0n) is 12.1. The smallest absolute Gasteiger partial charge is 0.119 e. The minimum Gasteiger partial charge on any atom is -0.489 e. The summed E-state index contributed by atoms with van der Waals surface area (Å²) < 4.78 is 5.80. The van der Waals surface area contributed by atoms with Crippen molar-refractivity contribution in [2.45, 2.75) is 19.1 Å². The van der Waals surface area contributed by atoms with Crippen molar-refractivity contribution in [2.24, 2.45) is 0 Å². The summed E-state index contributed by atoms with van der Waals surface area (Å²) in [4.78, 5) is 0. The molecule has 2 nitrogen and oxygen atoms in total. The average Bonchev–Trinajstić information content (AvgIpc) is 2.50. The fourth-order valence-electron chi connectivity index (χ4n) is 2.27. The van der Waals surface area contributed by atoms with Crippen LogP contribution in [0.3, 0.4) is 0 Å². The molecule has 1 aliphatic rings. The van der Waals surface area contributed by atoms with Gasteiger partial charge in [-0.15, -0.1) is 0 Å². The van der Waals surface area contributed by atoms with Crippen LogP contribution in [0.15, 0.2) is 54.6 Å². The Bertz CT molecular complexity index is 537. The van der Waals surface area contributed by atoms with Crippen molar-refractivity contribution in [2.75, 3.05) is 18.1 Å². The molecule has 1 fully saturated rings. The van der Waals surface area contributed by atoms with Crippen molar-refractivity contribution in [3.63, 3.8) is 0 Å². The number of hydrogen-bond donors (Lipinski definition) is 1. The Morgan fingerprint density at radius 1 is 0.952 bits per heavy atom. The minimum atomic E-state index is 0.626. The summed E-state index contributed by atoms with van der Waals surface area (Å²) in [7, 11) is 0. The van der Waals surface area contributed by atoms with E-state index in [2.05, 4.69) is 41.7 Å². The third-order valence-corrected chi connectivity index (χ3v) is 4.93. The molecule has 0 bridgehead atoms. The molecule has 2 aromatic carbocycles. The summed E-state index contributed by atoms with van der Waals surface area (Å²) in [6.07, 6.45) is 1.08. The molecule has 1 aliphatic heterocycles. The molecule has 0 atom stereocenters. The maximum atomic E-state index is 5.80. The molecule has 21 heavy (non-hydrogen) atoms. The lowest BCUT2D eigenvalue weighted by molar-refractivity contribution is 0.306. The van der Waals surface area contributed by atoms with Crippen molar-refractivity contribution < 1.29 is 4.74 Å². The lowest BCUT2D eigenvalue weighted by Gasteiger charge is -2.25. The van der Waals surface area contributed by atoms with E-state index in [9.17, 15) is 0 Å². The number of thioether (sulfide) groups is 1. The standard InChI is InChI=1S/C18H21NOS/c1-2-4-16(5-3-1)12-20-18-8-6-15(7-9-18)10-11-19-17-13-21-14-17/h1-9,17,19H,10-14H2. The first kappa shape index (κ1) is 14.5. The summed E-state index contributed by atoms with van der Waals surface area (Å²) in [5.74, 6) is 3.48. The average molecular weight is 299 g/mol. The van der Waals surface area contributed by atoms with E-state index in [-0.39, 0.29) is 0 Å². The van der Waals surface area contributed by atoms with Crippen molar-refractivity contribution in [3.05, 3.63) is 65.7 Å². The first-order valence-electron chi connectivity index (χ1n) is 7.47. The molecular weight excluding hydrogens is 278 g/mol. The molecule has 0 saturated carbocycles. The summed E-state index contributed by atoms with van der Waals surface area (Å²) in [5.41, 5.74) is 2.56. The SMILES string of the molecule is c1ccc(COc2ccc(CCNC3CSC3)cc2)cc1. The molecule has 2 aromatic rings. The molecule has 0 spiro atoms. The van der Waals surface area contributed by atoms with Gasteiger partial charge in [0.2, 0.25) is 0 Å². The zero-order chi connectivity index (χ0) is 14.3. The predicted octanol–water partition coefficient (Wildman–Crippen LogP) is 3.51. The van der Waals surface area contributed by atoms with Crippen LogP contribution in [0.4, 0.5) is 0 Å². The van der Waals surface area contributed by atoms with Gasteiger partial charge >= 0.3 is 0 Å².